The number of para-hydroxylation sites is 1. The van der Waals surface area contributed by atoms with Gasteiger partial charge < -0.3 is 16.0 Å². The molecule has 6 nitrogen and oxygen atoms in total. The van der Waals surface area contributed by atoms with Gasteiger partial charge in [0.05, 0.1) is 12.6 Å². The lowest BCUT2D eigenvalue weighted by Crippen LogP contribution is -2.44. The standard InChI is InChI=1S/C22H29N5O/c1-23-22(25-17-21(28)26-19-12-6-3-7-13-19)24-16-20(27-14-8-9-15-27)18-10-4-2-5-11-18/h2-7,10-13,20H,8-9,14-17H2,1H3,(H,26,28)(H2,23,24,25). The third-order valence-corrected chi connectivity index (χ3v) is 4.93. The monoisotopic (exact) mass is 379 g/mol. The molecule has 2 aromatic carbocycles. The summed E-state index contributed by atoms with van der Waals surface area (Å²) in [5.41, 5.74) is 2.09. The number of nitrogens with zero attached hydrogens (tertiary/aromatic N) is 2. The highest BCUT2D eigenvalue weighted by Gasteiger charge is 2.23. The average Bonchev–Trinajstić information content (AvgIpc) is 3.26. The van der Waals surface area contributed by atoms with Gasteiger partial charge in [0.1, 0.15) is 0 Å². The van der Waals surface area contributed by atoms with Gasteiger partial charge in [-0.3, -0.25) is 14.7 Å². The summed E-state index contributed by atoms with van der Waals surface area (Å²) in [6.07, 6.45) is 2.49. The molecule has 0 radical (unpaired) electrons. The quantitative estimate of drug-likeness (QED) is 0.511. The van der Waals surface area contributed by atoms with Gasteiger partial charge in [0.2, 0.25) is 5.91 Å². The van der Waals surface area contributed by atoms with Gasteiger partial charge in [-0.2, -0.15) is 0 Å². The molecule has 3 N–H and O–H groups in total. The molecule has 3 rings (SSSR count). The van der Waals surface area contributed by atoms with Crippen LogP contribution < -0.4 is 16.0 Å². The van der Waals surface area contributed by atoms with Crippen LogP contribution in [-0.4, -0.2) is 50.0 Å². The van der Waals surface area contributed by atoms with Gasteiger partial charge in [-0.1, -0.05) is 48.5 Å². The molecule has 148 valence electrons. The van der Waals surface area contributed by atoms with E-state index in [1.165, 1.54) is 18.4 Å². The van der Waals surface area contributed by atoms with Gasteiger partial charge in [0.15, 0.2) is 5.96 Å². The highest BCUT2D eigenvalue weighted by atomic mass is 16.1. The maximum Gasteiger partial charge on any atom is 0.243 e. The zero-order valence-corrected chi connectivity index (χ0v) is 16.4. The number of amides is 1. The van der Waals surface area contributed by atoms with Crippen LogP contribution in [0.25, 0.3) is 0 Å². The largest absolute Gasteiger partial charge is 0.354 e. The van der Waals surface area contributed by atoms with E-state index in [-0.39, 0.29) is 12.5 Å². The molecule has 0 saturated carbocycles. The molecule has 0 aliphatic carbocycles. The molecule has 1 aliphatic heterocycles. The number of guanidine groups is 1. The van der Waals surface area contributed by atoms with Gasteiger partial charge in [0.25, 0.3) is 0 Å². The van der Waals surface area contributed by atoms with E-state index >= 15 is 0 Å². The number of likely N-dealkylation sites (tertiary alicyclic amines) is 1. The Labute approximate surface area is 167 Å². The molecule has 1 amide bonds. The second-order valence-corrected chi connectivity index (χ2v) is 6.89. The Hall–Kier alpha value is -2.86. The van der Waals surface area contributed by atoms with Gasteiger partial charge in [-0.15, -0.1) is 0 Å². The van der Waals surface area contributed by atoms with Crippen molar-refractivity contribution in [3.63, 3.8) is 0 Å². The van der Waals surface area contributed by atoms with Gasteiger partial charge >= 0.3 is 0 Å². The fourth-order valence-corrected chi connectivity index (χ4v) is 3.49. The van der Waals surface area contributed by atoms with E-state index in [1.807, 2.05) is 36.4 Å². The summed E-state index contributed by atoms with van der Waals surface area (Å²) in [4.78, 5) is 18.9. The molecule has 0 spiro atoms. The SMILES string of the molecule is CN=C(NCC(=O)Nc1ccccc1)NCC(c1ccccc1)N1CCCC1. The first-order valence-corrected chi connectivity index (χ1v) is 9.84. The maximum absolute atomic E-state index is 12.1. The number of carbonyl (C=O) groups excluding carboxylic acids is 1. The first-order chi connectivity index (χ1) is 13.8. The van der Waals surface area contributed by atoms with Crippen molar-refractivity contribution in [2.75, 3.05) is 38.5 Å². The fourth-order valence-electron chi connectivity index (χ4n) is 3.49. The number of benzene rings is 2. The first-order valence-electron chi connectivity index (χ1n) is 9.84. The molecular weight excluding hydrogens is 350 g/mol. The molecule has 1 atom stereocenters. The van der Waals surface area contributed by atoms with Gasteiger partial charge in [-0.05, 0) is 43.6 Å². The lowest BCUT2D eigenvalue weighted by atomic mass is 10.1. The molecule has 0 bridgehead atoms. The summed E-state index contributed by atoms with van der Waals surface area (Å²) < 4.78 is 0. The van der Waals surface area contributed by atoms with Crippen molar-refractivity contribution in [1.82, 2.24) is 15.5 Å². The summed E-state index contributed by atoms with van der Waals surface area (Å²) in [5.74, 6) is 0.525. The Morgan fingerprint density at radius 2 is 1.64 bits per heavy atom. The predicted molar refractivity (Wildman–Crippen MR) is 114 cm³/mol. The highest BCUT2D eigenvalue weighted by molar-refractivity contribution is 5.94. The summed E-state index contributed by atoms with van der Waals surface area (Å²) in [6, 6.07) is 20.3. The Balaban J connectivity index is 1.52. The number of nitrogens with one attached hydrogen (secondary N) is 3. The van der Waals surface area contributed by atoms with Crippen LogP contribution in [0.5, 0.6) is 0 Å². The van der Waals surface area contributed by atoms with E-state index in [0.29, 0.717) is 12.0 Å². The van der Waals surface area contributed by atoms with Crippen LogP contribution in [0, 0.1) is 0 Å². The van der Waals surface area contributed by atoms with Crippen LogP contribution in [0.1, 0.15) is 24.4 Å². The minimum Gasteiger partial charge on any atom is -0.354 e. The number of carbonyl (C=O) groups is 1. The van der Waals surface area contributed by atoms with Crippen molar-refractivity contribution in [2.45, 2.75) is 18.9 Å². The van der Waals surface area contributed by atoms with Crippen molar-refractivity contribution < 1.29 is 4.79 Å². The topological polar surface area (TPSA) is 68.8 Å². The van der Waals surface area contributed by atoms with Crippen LogP contribution in [0.2, 0.25) is 0 Å². The number of hydrogen-bond donors (Lipinski definition) is 3. The molecule has 2 aromatic rings. The molecule has 1 saturated heterocycles. The number of aliphatic imine (C=N–C) groups is 1. The highest BCUT2D eigenvalue weighted by Crippen LogP contribution is 2.24. The van der Waals surface area contributed by atoms with Crippen molar-refractivity contribution in [2.24, 2.45) is 4.99 Å². The van der Waals surface area contributed by atoms with Crippen molar-refractivity contribution in [3.05, 3.63) is 66.2 Å². The molecule has 1 aliphatic rings. The summed E-state index contributed by atoms with van der Waals surface area (Å²) in [7, 11) is 1.72. The maximum atomic E-state index is 12.1. The van der Waals surface area contributed by atoms with Gasteiger partial charge in [0, 0.05) is 19.3 Å². The average molecular weight is 380 g/mol. The van der Waals surface area contributed by atoms with E-state index < -0.39 is 0 Å². The zero-order chi connectivity index (χ0) is 19.6. The Kier molecular flexibility index (Phi) is 7.44. The number of hydrogen-bond acceptors (Lipinski definition) is 3. The summed E-state index contributed by atoms with van der Waals surface area (Å²) in [6.45, 7) is 3.14. The molecule has 0 aromatic heterocycles. The van der Waals surface area contributed by atoms with Gasteiger partial charge in [-0.25, -0.2) is 0 Å². The van der Waals surface area contributed by atoms with E-state index in [4.69, 9.17) is 0 Å². The molecule has 1 heterocycles. The van der Waals surface area contributed by atoms with E-state index in [1.54, 1.807) is 7.05 Å². The zero-order valence-electron chi connectivity index (χ0n) is 16.4. The predicted octanol–water partition coefficient (Wildman–Crippen LogP) is 2.63. The second kappa shape index (κ2) is 10.5. The second-order valence-electron chi connectivity index (χ2n) is 6.89. The van der Waals surface area contributed by atoms with E-state index in [0.717, 1.165) is 25.3 Å². The Morgan fingerprint density at radius 1 is 1.00 bits per heavy atom. The number of anilines is 1. The Bertz CT molecular complexity index is 757. The van der Waals surface area contributed by atoms with Crippen LogP contribution in [0.4, 0.5) is 5.69 Å². The van der Waals surface area contributed by atoms with Crippen molar-refractivity contribution in [3.8, 4) is 0 Å². The van der Waals surface area contributed by atoms with E-state index in [9.17, 15) is 4.79 Å². The van der Waals surface area contributed by atoms with Crippen LogP contribution >= 0.6 is 0 Å². The minimum atomic E-state index is -0.103. The first kappa shape index (κ1) is 19.9. The summed E-state index contributed by atoms with van der Waals surface area (Å²) in [5, 5.41) is 9.34. The minimum absolute atomic E-state index is 0.103. The Morgan fingerprint density at radius 3 is 2.29 bits per heavy atom. The van der Waals surface area contributed by atoms with Crippen molar-refractivity contribution >= 4 is 17.6 Å². The number of rotatable bonds is 7. The van der Waals surface area contributed by atoms with Crippen LogP contribution in [0.3, 0.4) is 0 Å². The molecular formula is C22H29N5O. The smallest absolute Gasteiger partial charge is 0.243 e. The third-order valence-electron chi connectivity index (χ3n) is 4.93. The molecule has 1 fully saturated rings. The molecule has 1 unspecified atom stereocenters. The van der Waals surface area contributed by atoms with Crippen LogP contribution in [0.15, 0.2) is 65.7 Å². The van der Waals surface area contributed by atoms with Crippen molar-refractivity contribution in [1.29, 1.82) is 0 Å². The van der Waals surface area contributed by atoms with E-state index in [2.05, 4.69) is 50.1 Å². The fraction of sp³-hybridized carbons (Fsp3) is 0.364. The lowest BCUT2D eigenvalue weighted by Gasteiger charge is -2.28. The van der Waals surface area contributed by atoms with Crippen LogP contribution in [-0.2, 0) is 4.79 Å². The lowest BCUT2D eigenvalue weighted by molar-refractivity contribution is -0.115. The summed E-state index contributed by atoms with van der Waals surface area (Å²) >= 11 is 0. The molecule has 6 heteroatoms. The molecule has 28 heavy (non-hydrogen) atoms. The normalized spacial score (nSPS) is 15.8. The third kappa shape index (κ3) is 5.82.